The van der Waals surface area contributed by atoms with Gasteiger partial charge in [0.1, 0.15) is 5.75 Å². The summed E-state index contributed by atoms with van der Waals surface area (Å²) in [5, 5.41) is 11.8. The molecule has 1 saturated heterocycles. The van der Waals surface area contributed by atoms with Gasteiger partial charge >= 0.3 is 12.6 Å². The van der Waals surface area contributed by atoms with Crippen LogP contribution in [-0.4, -0.2) is 42.3 Å². The van der Waals surface area contributed by atoms with Crippen LogP contribution in [0.1, 0.15) is 18.4 Å². The maximum atomic E-state index is 12.3. The van der Waals surface area contributed by atoms with Gasteiger partial charge in [0, 0.05) is 31.8 Å². The largest absolute Gasteiger partial charge is 0.434 e. The van der Waals surface area contributed by atoms with Crippen LogP contribution >= 0.6 is 0 Å². The van der Waals surface area contributed by atoms with E-state index < -0.39 is 6.61 Å². The summed E-state index contributed by atoms with van der Waals surface area (Å²) in [6.45, 7) is -1.44. The highest BCUT2D eigenvalue weighted by molar-refractivity contribution is 5.74. The smallest absolute Gasteiger partial charge is 0.387 e. The van der Waals surface area contributed by atoms with Crippen molar-refractivity contribution in [3.63, 3.8) is 0 Å². The average Bonchev–Trinajstić information content (AvgIpc) is 2.53. The normalized spacial score (nSPS) is 15.9. The zero-order valence-electron chi connectivity index (χ0n) is 12.2. The number of piperidine rings is 1. The van der Waals surface area contributed by atoms with E-state index in [4.69, 9.17) is 5.11 Å². The molecule has 0 spiro atoms. The molecule has 0 aliphatic carbocycles. The van der Waals surface area contributed by atoms with Gasteiger partial charge in [-0.25, -0.2) is 4.79 Å². The van der Waals surface area contributed by atoms with Crippen LogP contribution in [0.5, 0.6) is 5.75 Å². The van der Waals surface area contributed by atoms with E-state index in [1.807, 2.05) is 0 Å². The number of rotatable bonds is 5. The van der Waals surface area contributed by atoms with E-state index in [9.17, 15) is 13.6 Å². The molecule has 2 N–H and O–H groups in total. The Morgan fingerprint density at radius 3 is 2.68 bits per heavy atom. The van der Waals surface area contributed by atoms with E-state index in [2.05, 4.69) is 10.1 Å². The van der Waals surface area contributed by atoms with E-state index in [-0.39, 0.29) is 30.9 Å². The molecular weight excluding hydrogens is 294 g/mol. The van der Waals surface area contributed by atoms with Crippen LogP contribution in [0.3, 0.4) is 0 Å². The lowest BCUT2D eigenvalue weighted by Crippen LogP contribution is -2.44. The monoisotopic (exact) mass is 314 g/mol. The molecule has 0 atom stereocenters. The molecule has 1 aromatic rings. The number of carbonyl (C=O) groups excluding carboxylic acids is 1. The van der Waals surface area contributed by atoms with Crippen LogP contribution < -0.4 is 10.1 Å². The standard InChI is InChI=1S/C15H20F2N2O3/c16-14(17)22-13-4-2-1-3-12(13)9-18-15(21)19-7-5-11(10-20)6-8-19/h1-4,11,14,20H,5-10H2,(H,18,21). The minimum absolute atomic E-state index is 0.0665. The Balaban J connectivity index is 1.86. The molecule has 5 nitrogen and oxygen atoms in total. The zero-order chi connectivity index (χ0) is 15.9. The fraction of sp³-hybridized carbons (Fsp3) is 0.533. The predicted octanol–water partition coefficient (Wildman–Crippen LogP) is 2.20. The molecule has 7 heteroatoms. The van der Waals surface area contributed by atoms with Crippen LogP contribution in [0.15, 0.2) is 24.3 Å². The Bertz CT molecular complexity index is 491. The third kappa shape index (κ3) is 4.56. The summed E-state index contributed by atoms with van der Waals surface area (Å²) in [6, 6.07) is 6.15. The molecule has 2 amide bonds. The van der Waals surface area contributed by atoms with Crippen molar-refractivity contribution in [1.29, 1.82) is 0 Å². The fourth-order valence-corrected chi connectivity index (χ4v) is 2.46. The molecule has 1 fully saturated rings. The van der Waals surface area contributed by atoms with E-state index in [0.29, 0.717) is 18.7 Å². The second kappa shape index (κ2) is 7.93. The van der Waals surface area contributed by atoms with Crippen LogP contribution in [0, 0.1) is 5.92 Å². The Morgan fingerprint density at radius 2 is 2.05 bits per heavy atom. The average molecular weight is 314 g/mol. The number of aliphatic hydroxyl groups is 1. The first kappa shape index (κ1) is 16.5. The first-order valence-corrected chi connectivity index (χ1v) is 7.26. The third-order valence-corrected chi connectivity index (χ3v) is 3.78. The molecule has 1 aliphatic rings. The number of para-hydroxylation sites is 1. The molecular formula is C15H20F2N2O3. The van der Waals surface area contributed by atoms with E-state index in [1.165, 1.54) is 6.07 Å². The van der Waals surface area contributed by atoms with Crippen molar-refractivity contribution in [3.05, 3.63) is 29.8 Å². The molecule has 22 heavy (non-hydrogen) atoms. The predicted molar refractivity (Wildman–Crippen MR) is 76.7 cm³/mol. The van der Waals surface area contributed by atoms with Crippen LogP contribution in [0.4, 0.5) is 13.6 Å². The molecule has 1 aromatic carbocycles. The third-order valence-electron chi connectivity index (χ3n) is 3.78. The van der Waals surface area contributed by atoms with Gasteiger partial charge in [-0.15, -0.1) is 0 Å². The van der Waals surface area contributed by atoms with Crippen LogP contribution in [-0.2, 0) is 6.54 Å². The number of aliphatic hydroxyl groups excluding tert-OH is 1. The molecule has 1 heterocycles. The minimum Gasteiger partial charge on any atom is -0.434 e. The van der Waals surface area contributed by atoms with Crippen molar-refractivity contribution in [2.75, 3.05) is 19.7 Å². The lowest BCUT2D eigenvalue weighted by molar-refractivity contribution is -0.0504. The van der Waals surface area contributed by atoms with Gasteiger partial charge in [-0.05, 0) is 24.8 Å². The molecule has 2 rings (SSSR count). The number of nitrogens with zero attached hydrogens (tertiary/aromatic N) is 1. The highest BCUT2D eigenvalue weighted by Gasteiger charge is 2.22. The molecule has 0 aromatic heterocycles. The highest BCUT2D eigenvalue weighted by Crippen LogP contribution is 2.20. The van der Waals surface area contributed by atoms with Gasteiger partial charge in [-0.1, -0.05) is 18.2 Å². The van der Waals surface area contributed by atoms with Crippen LogP contribution in [0.2, 0.25) is 0 Å². The van der Waals surface area contributed by atoms with Gasteiger partial charge in [0.15, 0.2) is 0 Å². The number of benzene rings is 1. The zero-order valence-corrected chi connectivity index (χ0v) is 12.2. The van der Waals surface area contributed by atoms with Crippen molar-refractivity contribution >= 4 is 6.03 Å². The Kier molecular flexibility index (Phi) is 5.94. The second-order valence-electron chi connectivity index (χ2n) is 5.26. The first-order chi connectivity index (χ1) is 10.6. The SMILES string of the molecule is O=C(NCc1ccccc1OC(F)F)N1CCC(CO)CC1. The summed E-state index contributed by atoms with van der Waals surface area (Å²) in [7, 11) is 0. The number of amides is 2. The summed E-state index contributed by atoms with van der Waals surface area (Å²) in [6.07, 6.45) is 1.55. The number of carbonyl (C=O) groups is 1. The number of hydrogen-bond donors (Lipinski definition) is 2. The number of alkyl halides is 2. The van der Waals surface area contributed by atoms with Gasteiger partial charge in [0.2, 0.25) is 0 Å². The molecule has 0 unspecified atom stereocenters. The van der Waals surface area contributed by atoms with Gasteiger partial charge in [0.25, 0.3) is 0 Å². The fourth-order valence-electron chi connectivity index (χ4n) is 2.46. The van der Waals surface area contributed by atoms with Gasteiger partial charge in [0.05, 0.1) is 0 Å². The van der Waals surface area contributed by atoms with E-state index in [0.717, 1.165) is 12.8 Å². The van der Waals surface area contributed by atoms with E-state index >= 15 is 0 Å². The lowest BCUT2D eigenvalue weighted by atomic mass is 9.98. The molecule has 122 valence electrons. The number of halogens is 2. The number of hydrogen-bond acceptors (Lipinski definition) is 3. The number of nitrogens with one attached hydrogen (secondary N) is 1. The molecule has 1 aliphatic heterocycles. The quantitative estimate of drug-likeness (QED) is 0.876. The van der Waals surface area contributed by atoms with Gasteiger partial charge < -0.3 is 20.1 Å². The van der Waals surface area contributed by atoms with Gasteiger partial charge in [-0.3, -0.25) is 0 Å². The molecule has 0 radical (unpaired) electrons. The lowest BCUT2D eigenvalue weighted by Gasteiger charge is -2.31. The maximum Gasteiger partial charge on any atom is 0.387 e. The first-order valence-electron chi connectivity index (χ1n) is 7.26. The maximum absolute atomic E-state index is 12.3. The number of ether oxygens (including phenoxy) is 1. The summed E-state index contributed by atoms with van der Waals surface area (Å²) in [5.74, 6) is 0.320. The van der Waals surface area contributed by atoms with Crippen molar-refractivity contribution < 1.29 is 23.4 Å². The minimum atomic E-state index is -2.89. The molecule has 0 bridgehead atoms. The second-order valence-corrected chi connectivity index (χ2v) is 5.26. The summed E-state index contributed by atoms with van der Waals surface area (Å²) in [4.78, 5) is 13.7. The van der Waals surface area contributed by atoms with Gasteiger partial charge in [-0.2, -0.15) is 8.78 Å². The topological polar surface area (TPSA) is 61.8 Å². The Labute approximate surface area is 127 Å². The summed E-state index contributed by atoms with van der Waals surface area (Å²) >= 11 is 0. The summed E-state index contributed by atoms with van der Waals surface area (Å²) in [5.41, 5.74) is 0.501. The number of likely N-dealkylation sites (tertiary alicyclic amines) is 1. The van der Waals surface area contributed by atoms with Crippen LogP contribution in [0.25, 0.3) is 0 Å². The van der Waals surface area contributed by atoms with Crippen molar-refractivity contribution in [1.82, 2.24) is 10.2 Å². The van der Waals surface area contributed by atoms with Crippen molar-refractivity contribution in [2.24, 2.45) is 5.92 Å². The van der Waals surface area contributed by atoms with Crippen molar-refractivity contribution in [3.8, 4) is 5.75 Å². The van der Waals surface area contributed by atoms with E-state index in [1.54, 1.807) is 23.1 Å². The van der Waals surface area contributed by atoms with Crippen molar-refractivity contribution in [2.45, 2.75) is 26.0 Å². The highest BCUT2D eigenvalue weighted by atomic mass is 19.3. The summed E-state index contributed by atoms with van der Waals surface area (Å²) < 4.78 is 29.1. The Hall–Kier alpha value is -1.89. The Morgan fingerprint density at radius 1 is 1.36 bits per heavy atom. The molecule has 0 saturated carbocycles. The number of urea groups is 1.